The summed E-state index contributed by atoms with van der Waals surface area (Å²) in [6.45, 7) is 4.71. The monoisotopic (exact) mass is 617 g/mol. The van der Waals surface area contributed by atoms with Crippen LogP contribution in [0.1, 0.15) is 70.7 Å². The minimum atomic E-state index is -1.18. The van der Waals surface area contributed by atoms with E-state index in [1.165, 1.54) is 32.7 Å². The van der Waals surface area contributed by atoms with Gasteiger partial charge in [-0.25, -0.2) is 14.8 Å². The van der Waals surface area contributed by atoms with Crippen molar-refractivity contribution in [3.05, 3.63) is 36.4 Å². The maximum atomic E-state index is 13.2. The van der Waals surface area contributed by atoms with Crippen molar-refractivity contribution >= 4 is 35.5 Å². The van der Waals surface area contributed by atoms with Gasteiger partial charge in [-0.15, -0.1) is 0 Å². The number of imidazole rings is 2. The quantitative estimate of drug-likeness (QED) is 0.0889. The molecule has 0 saturated heterocycles. The smallest absolute Gasteiger partial charge is 0.326 e. The highest BCUT2D eigenvalue weighted by molar-refractivity contribution is 5.93. The molecular formula is C28H43N9O7. The first-order chi connectivity index (χ1) is 21.0. The Hall–Kier alpha value is -4.76. The van der Waals surface area contributed by atoms with Gasteiger partial charge in [0.2, 0.25) is 29.5 Å². The number of carboxylic acids is 1. The number of aromatic amines is 2. The van der Waals surface area contributed by atoms with Crippen molar-refractivity contribution in [1.29, 1.82) is 0 Å². The van der Waals surface area contributed by atoms with Gasteiger partial charge in [0.25, 0.3) is 0 Å². The van der Waals surface area contributed by atoms with Crippen LogP contribution in [0, 0.1) is 0 Å². The van der Waals surface area contributed by atoms with Gasteiger partial charge in [-0.3, -0.25) is 24.0 Å². The predicted molar refractivity (Wildman–Crippen MR) is 158 cm³/mol. The molecule has 242 valence electrons. The normalized spacial score (nSPS) is 13.5. The van der Waals surface area contributed by atoms with Crippen molar-refractivity contribution in [1.82, 2.24) is 46.5 Å². The summed E-state index contributed by atoms with van der Waals surface area (Å²) in [6, 6.07) is -4.06. The van der Waals surface area contributed by atoms with E-state index in [0.717, 1.165) is 6.42 Å². The third-order valence-corrected chi connectivity index (χ3v) is 6.66. The lowest BCUT2D eigenvalue weighted by Gasteiger charge is -2.24. The molecule has 0 spiro atoms. The first kappa shape index (κ1) is 35.4. The average Bonchev–Trinajstić information content (AvgIpc) is 3.67. The fourth-order valence-corrected chi connectivity index (χ4v) is 4.43. The van der Waals surface area contributed by atoms with Gasteiger partial charge in [-0.1, -0.05) is 19.8 Å². The molecule has 16 nitrogen and oxygen atoms in total. The Morgan fingerprint density at radius 1 is 0.705 bits per heavy atom. The maximum Gasteiger partial charge on any atom is 0.326 e. The lowest BCUT2D eigenvalue weighted by atomic mass is 10.0. The number of rotatable bonds is 20. The van der Waals surface area contributed by atoms with Crippen LogP contribution in [0.25, 0.3) is 0 Å². The molecule has 4 atom stereocenters. The molecule has 4 unspecified atom stereocenters. The van der Waals surface area contributed by atoms with E-state index in [0.29, 0.717) is 30.7 Å². The Kier molecular flexibility index (Phi) is 15.1. The van der Waals surface area contributed by atoms with E-state index in [4.69, 9.17) is 0 Å². The van der Waals surface area contributed by atoms with Gasteiger partial charge in [0, 0.05) is 57.0 Å². The number of aromatic nitrogens is 4. The number of hydrogen-bond donors (Lipinski definition) is 8. The maximum absolute atomic E-state index is 13.2. The van der Waals surface area contributed by atoms with Crippen molar-refractivity contribution in [3.8, 4) is 0 Å². The van der Waals surface area contributed by atoms with Gasteiger partial charge in [0.05, 0.1) is 12.7 Å². The molecule has 2 heterocycles. The zero-order valence-electron chi connectivity index (χ0n) is 25.3. The SMILES string of the molecule is CCCCC(NC(=O)C(CCCCNC(=O)C(Cc1cnc[nH]1)NC(C)=O)NC(=O)C(Cc1cnc[nH]1)NC(C)=O)C(=O)O. The molecule has 0 aliphatic heterocycles. The number of aliphatic carboxylic acids is 1. The second kappa shape index (κ2) is 18.7. The summed E-state index contributed by atoms with van der Waals surface area (Å²) in [5, 5.41) is 22.7. The Morgan fingerprint density at radius 2 is 1.20 bits per heavy atom. The zero-order valence-corrected chi connectivity index (χ0v) is 25.3. The van der Waals surface area contributed by atoms with E-state index < -0.39 is 53.8 Å². The Morgan fingerprint density at radius 3 is 1.68 bits per heavy atom. The molecule has 2 aromatic heterocycles. The van der Waals surface area contributed by atoms with Crippen LogP contribution in [0.2, 0.25) is 0 Å². The number of carbonyl (C=O) groups excluding carboxylic acids is 5. The van der Waals surface area contributed by atoms with Crippen molar-refractivity contribution in [3.63, 3.8) is 0 Å². The highest BCUT2D eigenvalue weighted by atomic mass is 16.4. The third kappa shape index (κ3) is 13.0. The van der Waals surface area contributed by atoms with E-state index >= 15 is 0 Å². The minimum Gasteiger partial charge on any atom is -0.480 e. The van der Waals surface area contributed by atoms with Crippen LogP contribution in [0.4, 0.5) is 0 Å². The molecule has 2 rings (SSSR count). The minimum absolute atomic E-state index is 0.0913. The lowest BCUT2D eigenvalue weighted by molar-refractivity contribution is -0.142. The molecule has 44 heavy (non-hydrogen) atoms. The van der Waals surface area contributed by atoms with Crippen molar-refractivity contribution < 1.29 is 33.9 Å². The number of H-pyrrole nitrogens is 2. The fraction of sp³-hybridized carbons (Fsp3) is 0.571. The molecule has 5 amide bonds. The second-order valence-corrected chi connectivity index (χ2v) is 10.5. The van der Waals surface area contributed by atoms with E-state index in [-0.39, 0.29) is 38.1 Å². The van der Waals surface area contributed by atoms with Crippen LogP contribution >= 0.6 is 0 Å². The third-order valence-electron chi connectivity index (χ3n) is 6.66. The Bertz CT molecular complexity index is 1220. The lowest BCUT2D eigenvalue weighted by Crippen LogP contribution is -2.56. The van der Waals surface area contributed by atoms with Gasteiger partial charge >= 0.3 is 5.97 Å². The first-order valence-corrected chi connectivity index (χ1v) is 14.6. The van der Waals surface area contributed by atoms with Crippen molar-refractivity contribution in [2.24, 2.45) is 0 Å². The number of carbonyl (C=O) groups is 6. The fourth-order valence-electron chi connectivity index (χ4n) is 4.43. The number of carboxylic acid groups (broad SMARTS) is 1. The molecule has 0 bridgehead atoms. The molecule has 8 N–H and O–H groups in total. The molecule has 0 saturated carbocycles. The predicted octanol–water partition coefficient (Wildman–Crippen LogP) is -0.542. The molecule has 0 aromatic carbocycles. The number of hydrogen-bond acceptors (Lipinski definition) is 8. The van der Waals surface area contributed by atoms with Gasteiger partial charge < -0.3 is 41.7 Å². The standard InChI is InChI=1S/C28H43N9O7/c1-4-5-8-22(28(43)44)37-26(41)21(36-27(42)24(35-18(3)39)12-20-14-30-16-33-20)9-6-7-10-31-25(40)23(34-17(2)38)11-19-13-29-15-32-19/h13-16,21-24H,4-12H2,1-3H3,(H,29,32)(H,30,33)(H,31,40)(H,34,38)(H,35,39)(H,36,42)(H,37,41)(H,43,44). The van der Waals surface area contributed by atoms with Crippen LogP contribution < -0.4 is 26.6 Å². The summed E-state index contributed by atoms with van der Waals surface area (Å²) in [4.78, 5) is 87.9. The molecule has 2 aromatic rings. The zero-order chi connectivity index (χ0) is 32.5. The van der Waals surface area contributed by atoms with Crippen molar-refractivity contribution in [2.45, 2.75) is 96.3 Å². The van der Waals surface area contributed by atoms with Crippen LogP contribution in [0.15, 0.2) is 25.0 Å². The number of unbranched alkanes of at least 4 members (excludes halogenated alkanes) is 2. The van der Waals surface area contributed by atoms with E-state index in [1.54, 1.807) is 6.20 Å². The Labute approximate surface area is 255 Å². The van der Waals surface area contributed by atoms with Crippen LogP contribution in [0.3, 0.4) is 0 Å². The largest absolute Gasteiger partial charge is 0.480 e. The molecule has 0 aliphatic carbocycles. The van der Waals surface area contributed by atoms with Gasteiger partial charge in [-0.2, -0.15) is 0 Å². The van der Waals surface area contributed by atoms with Crippen LogP contribution in [-0.2, 0) is 41.6 Å². The second-order valence-electron chi connectivity index (χ2n) is 10.5. The van der Waals surface area contributed by atoms with Crippen LogP contribution in [0.5, 0.6) is 0 Å². The summed E-state index contributed by atoms with van der Waals surface area (Å²) in [5.74, 6) is -3.68. The van der Waals surface area contributed by atoms with Gasteiger partial charge in [0.1, 0.15) is 24.2 Å². The number of nitrogens with zero attached hydrogens (tertiary/aromatic N) is 2. The van der Waals surface area contributed by atoms with Crippen molar-refractivity contribution in [2.75, 3.05) is 6.54 Å². The van der Waals surface area contributed by atoms with Gasteiger partial charge in [0.15, 0.2) is 0 Å². The van der Waals surface area contributed by atoms with E-state index in [1.807, 2.05) is 6.92 Å². The highest BCUT2D eigenvalue weighted by Crippen LogP contribution is 2.08. The topological polar surface area (TPSA) is 240 Å². The molecular weight excluding hydrogens is 574 g/mol. The summed E-state index contributed by atoms with van der Waals surface area (Å²) in [7, 11) is 0. The molecule has 16 heteroatoms. The number of amides is 5. The first-order valence-electron chi connectivity index (χ1n) is 14.6. The summed E-state index contributed by atoms with van der Waals surface area (Å²) >= 11 is 0. The van der Waals surface area contributed by atoms with Gasteiger partial charge in [-0.05, 0) is 25.7 Å². The highest BCUT2D eigenvalue weighted by Gasteiger charge is 2.29. The molecule has 0 fully saturated rings. The summed E-state index contributed by atoms with van der Waals surface area (Å²) in [5.41, 5.74) is 1.26. The van der Waals surface area contributed by atoms with E-state index in [9.17, 15) is 33.9 Å². The molecule has 0 aliphatic rings. The number of nitrogens with one attached hydrogen (secondary N) is 7. The average molecular weight is 618 g/mol. The van der Waals surface area contributed by atoms with E-state index in [2.05, 4.69) is 46.5 Å². The summed E-state index contributed by atoms with van der Waals surface area (Å²) < 4.78 is 0. The molecule has 0 radical (unpaired) electrons. The Balaban J connectivity index is 2.04. The summed E-state index contributed by atoms with van der Waals surface area (Å²) in [6.07, 6.45) is 8.77. The van der Waals surface area contributed by atoms with Crippen LogP contribution in [-0.4, -0.2) is 91.3 Å².